The van der Waals surface area contributed by atoms with Crippen molar-refractivity contribution in [2.45, 2.75) is 13.5 Å². The number of rotatable bonds is 6. The molecule has 1 aromatic carbocycles. The predicted molar refractivity (Wildman–Crippen MR) is 79.1 cm³/mol. The summed E-state index contributed by atoms with van der Waals surface area (Å²) in [5.41, 5.74) is 1.19. The summed E-state index contributed by atoms with van der Waals surface area (Å²) in [6.07, 6.45) is 0. The zero-order valence-electron chi connectivity index (χ0n) is 12.0. The van der Waals surface area contributed by atoms with E-state index in [1.807, 2.05) is 37.1 Å². The maximum atomic E-state index is 5.11. The number of hydrogen-bond donors (Lipinski definition) is 1. The van der Waals surface area contributed by atoms with Gasteiger partial charge in [0.15, 0.2) is 0 Å². The molecule has 0 saturated carbocycles. The van der Waals surface area contributed by atoms with Gasteiger partial charge in [-0.1, -0.05) is 30.3 Å². The topological polar surface area (TPSA) is 63.2 Å². The van der Waals surface area contributed by atoms with Gasteiger partial charge in [0.25, 0.3) is 0 Å². The number of nitrogens with zero attached hydrogens (tertiary/aromatic N) is 4. The number of anilines is 2. The summed E-state index contributed by atoms with van der Waals surface area (Å²) >= 11 is 0. The molecule has 6 nitrogen and oxygen atoms in total. The van der Waals surface area contributed by atoms with Crippen LogP contribution in [-0.2, 0) is 6.54 Å². The van der Waals surface area contributed by atoms with E-state index in [1.54, 1.807) is 7.11 Å². The third kappa shape index (κ3) is 3.57. The molecule has 0 aliphatic heterocycles. The van der Waals surface area contributed by atoms with Gasteiger partial charge in [0.1, 0.15) is 0 Å². The normalized spacial score (nSPS) is 10.2. The highest BCUT2D eigenvalue weighted by atomic mass is 16.5. The summed E-state index contributed by atoms with van der Waals surface area (Å²) in [6, 6.07) is 10.5. The molecule has 1 heterocycles. The Hall–Kier alpha value is -2.37. The standard InChI is InChI=1S/C14H19N5O/c1-4-15-12-16-13(18-14(17-12)20-3)19(2)10-11-8-6-5-7-9-11/h5-9H,4,10H2,1-3H3,(H,15,16,17,18). The van der Waals surface area contributed by atoms with Crippen LogP contribution in [0.15, 0.2) is 30.3 Å². The minimum absolute atomic E-state index is 0.311. The van der Waals surface area contributed by atoms with E-state index in [1.165, 1.54) is 5.56 Å². The zero-order valence-corrected chi connectivity index (χ0v) is 12.0. The van der Waals surface area contributed by atoms with Crippen molar-refractivity contribution in [3.05, 3.63) is 35.9 Å². The molecule has 0 aliphatic rings. The lowest BCUT2D eigenvalue weighted by Gasteiger charge is -2.18. The van der Waals surface area contributed by atoms with Crippen molar-refractivity contribution in [2.24, 2.45) is 0 Å². The molecule has 6 heteroatoms. The Morgan fingerprint density at radius 2 is 1.90 bits per heavy atom. The Labute approximate surface area is 118 Å². The van der Waals surface area contributed by atoms with Crippen LogP contribution in [0.25, 0.3) is 0 Å². The van der Waals surface area contributed by atoms with Gasteiger partial charge in [0.2, 0.25) is 11.9 Å². The number of nitrogens with one attached hydrogen (secondary N) is 1. The van der Waals surface area contributed by atoms with E-state index >= 15 is 0 Å². The molecule has 2 aromatic rings. The fraction of sp³-hybridized carbons (Fsp3) is 0.357. The molecule has 0 bridgehead atoms. The molecule has 0 aliphatic carbocycles. The Balaban J connectivity index is 2.19. The van der Waals surface area contributed by atoms with E-state index in [-0.39, 0.29) is 0 Å². The summed E-state index contributed by atoms with van der Waals surface area (Å²) < 4.78 is 5.11. The van der Waals surface area contributed by atoms with Gasteiger partial charge in [0, 0.05) is 20.1 Å². The third-order valence-corrected chi connectivity index (χ3v) is 2.72. The van der Waals surface area contributed by atoms with E-state index in [9.17, 15) is 0 Å². The number of hydrogen-bond acceptors (Lipinski definition) is 6. The highest BCUT2D eigenvalue weighted by Crippen LogP contribution is 2.15. The molecule has 2 rings (SSSR count). The van der Waals surface area contributed by atoms with Crippen LogP contribution in [0, 0.1) is 0 Å². The highest BCUT2D eigenvalue weighted by Gasteiger charge is 2.10. The van der Waals surface area contributed by atoms with Crippen molar-refractivity contribution in [3.63, 3.8) is 0 Å². The van der Waals surface area contributed by atoms with Crippen molar-refractivity contribution < 1.29 is 4.74 Å². The molecule has 0 spiro atoms. The van der Waals surface area contributed by atoms with E-state index in [4.69, 9.17) is 4.74 Å². The lowest BCUT2D eigenvalue weighted by Crippen LogP contribution is -2.20. The van der Waals surface area contributed by atoms with Crippen LogP contribution in [0.4, 0.5) is 11.9 Å². The van der Waals surface area contributed by atoms with Gasteiger partial charge in [-0.3, -0.25) is 0 Å². The molecule has 0 atom stereocenters. The summed E-state index contributed by atoms with van der Waals surface area (Å²) in [5, 5.41) is 3.07. The number of ether oxygens (including phenoxy) is 1. The highest BCUT2D eigenvalue weighted by molar-refractivity contribution is 5.38. The van der Waals surface area contributed by atoms with Crippen LogP contribution in [0.5, 0.6) is 6.01 Å². The average Bonchev–Trinajstić information content (AvgIpc) is 2.48. The van der Waals surface area contributed by atoms with Gasteiger partial charge in [0.05, 0.1) is 7.11 Å². The number of benzene rings is 1. The van der Waals surface area contributed by atoms with Gasteiger partial charge >= 0.3 is 6.01 Å². The third-order valence-electron chi connectivity index (χ3n) is 2.72. The van der Waals surface area contributed by atoms with Crippen molar-refractivity contribution in [2.75, 3.05) is 30.9 Å². The van der Waals surface area contributed by atoms with Gasteiger partial charge < -0.3 is 15.0 Å². The lowest BCUT2D eigenvalue weighted by atomic mass is 10.2. The molecular formula is C14H19N5O. The zero-order chi connectivity index (χ0) is 14.4. The van der Waals surface area contributed by atoms with Gasteiger partial charge in [-0.15, -0.1) is 0 Å². The van der Waals surface area contributed by atoms with E-state index in [0.29, 0.717) is 17.9 Å². The molecule has 0 unspecified atom stereocenters. The molecule has 0 fully saturated rings. The summed E-state index contributed by atoms with van der Waals surface area (Å²) in [7, 11) is 3.49. The Kier molecular flexibility index (Phi) is 4.70. The van der Waals surface area contributed by atoms with Gasteiger partial charge in [-0.25, -0.2) is 0 Å². The number of methoxy groups -OCH3 is 1. The molecule has 20 heavy (non-hydrogen) atoms. The second kappa shape index (κ2) is 6.70. The molecule has 1 N–H and O–H groups in total. The summed E-state index contributed by atoms with van der Waals surface area (Å²) in [4.78, 5) is 14.8. The quantitative estimate of drug-likeness (QED) is 0.868. The van der Waals surface area contributed by atoms with Gasteiger partial charge in [-0.2, -0.15) is 15.0 Å². The summed E-state index contributed by atoms with van der Waals surface area (Å²) in [6.45, 7) is 3.46. The van der Waals surface area contributed by atoms with Crippen LogP contribution in [0.2, 0.25) is 0 Å². The SMILES string of the molecule is CCNc1nc(OC)nc(N(C)Cc2ccccc2)n1. The lowest BCUT2D eigenvalue weighted by molar-refractivity contribution is 0.379. The van der Waals surface area contributed by atoms with Crippen LogP contribution in [0.3, 0.4) is 0 Å². The first-order chi connectivity index (χ1) is 9.72. The first-order valence-electron chi connectivity index (χ1n) is 6.52. The average molecular weight is 273 g/mol. The van der Waals surface area contributed by atoms with Crippen LogP contribution >= 0.6 is 0 Å². The van der Waals surface area contributed by atoms with Crippen molar-refractivity contribution in [1.82, 2.24) is 15.0 Å². The van der Waals surface area contributed by atoms with E-state index in [2.05, 4.69) is 32.4 Å². The Morgan fingerprint density at radius 3 is 2.55 bits per heavy atom. The predicted octanol–water partition coefficient (Wildman–Crippen LogP) is 1.95. The van der Waals surface area contributed by atoms with E-state index in [0.717, 1.165) is 13.1 Å². The fourth-order valence-electron chi connectivity index (χ4n) is 1.77. The second-order valence-corrected chi connectivity index (χ2v) is 4.32. The van der Waals surface area contributed by atoms with E-state index < -0.39 is 0 Å². The smallest absolute Gasteiger partial charge is 0.322 e. The first-order valence-corrected chi connectivity index (χ1v) is 6.52. The minimum atomic E-state index is 0.311. The van der Waals surface area contributed by atoms with Gasteiger partial charge in [-0.05, 0) is 12.5 Å². The molecular weight excluding hydrogens is 254 g/mol. The van der Waals surface area contributed by atoms with Crippen molar-refractivity contribution >= 4 is 11.9 Å². The fourth-order valence-corrected chi connectivity index (χ4v) is 1.77. The second-order valence-electron chi connectivity index (χ2n) is 4.32. The maximum Gasteiger partial charge on any atom is 0.322 e. The molecule has 106 valence electrons. The molecule has 0 amide bonds. The van der Waals surface area contributed by atoms with Crippen LogP contribution < -0.4 is 15.0 Å². The summed E-state index contributed by atoms with van der Waals surface area (Å²) in [5.74, 6) is 1.10. The Morgan fingerprint density at radius 1 is 1.15 bits per heavy atom. The maximum absolute atomic E-state index is 5.11. The largest absolute Gasteiger partial charge is 0.467 e. The Bertz CT molecular complexity index is 547. The molecule has 0 saturated heterocycles. The first kappa shape index (κ1) is 14.0. The van der Waals surface area contributed by atoms with Crippen molar-refractivity contribution in [1.29, 1.82) is 0 Å². The van der Waals surface area contributed by atoms with Crippen LogP contribution in [-0.4, -0.2) is 35.7 Å². The number of aromatic nitrogens is 3. The molecule has 0 radical (unpaired) electrons. The van der Waals surface area contributed by atoms with Crippen molar-refractivity contribution in [3.8, 4) is 6.01 Å². The molecule has 1 aromatic heterocycles. The van der Waals surface area contributed by atoms with Crippen LogP contribution in [0.1, 0.15) is 12.5 Å². The monoisotopic (exact) mass is 273 g/mol. The minimum Gasteiger partial charge on any atom is -0.467 e.